The molecule has 0 fully saturated rings. The highest BCUT2D eigenvalue weighted by molar-refractivity contribution is 5.89. The normalized spacial score (nSPS) is 10.8. The van der Waals surface area contributed by atoms with Crippen molar-refractivity contribution in [2.24, 2.45) is 0 Å². The second-order valence-corrected chi connectivity index (χ2v) is 4.94. The molecule has 3 aromatic rings. The van der Waals surface area contributed by atoms with Gasteiger partial charge in [0.2, 0.25) is 0 Å². The van der Waals surface area contributed by atoms with Gasteiger partial charge in [-0.15, -0.1) is 0 Å². The lowest BCUT2D eigenvalue weighted by Crippen LogP contribution is -2.02. The fourth-order valence-electron chi connectivity index (χ4n) is 2.25. The Hall–Kier alpha value is -3.22. The minimum Gasteiger partial charge on any atom is -0.478 e. The first-order chi connectivity index (χ1) is 11.5. The Kier molecular flexibility index (Phi) is 4.24. The molecule has 0 radical (unpaired) electrons. The summed E-state index contributed by atoms with van der Waals surface area (Å²) in [6.07, 6.45) is 3.25. The van der Waals surface area contributed by atoms with Gasteiger partial charge in [0.05, 0.1) is 17.4 Å². The molecule has 1 heterocycles. The zero-order chi connectivity index (χ0) is 17.1. The maximum atomic E-state index is 12.3. The number of aromatic nitrogens is 2. The molecule has 1 N–H and O–H groups in total. The van der Waals surface area contributed by atoms with E-state index >= 15 is 0 Å². The second-order valence-electron chi connectivity index (χ2n) is 4.94. The first kappa shape index (κ1) is 15.7. The lowest BCUT2D eigenvalue weighted by molar-refractivity contribution is -0.0498. The molecule has 0 saturated heterocycles. The SMILES string of the molecule is O=C(O)c1cccc(-c2cnn(-c3cccc(OC(F)F)c3)c2)c1. The van der Waals surface area contributed by atoms with Crippen LogP contribution in [0.25, 0.3) is 16.8 Å². The van der Waals surface area contributed by atoms with Crippen LogP contribution in [0.1, 0.15) is 10.4 Å². The third-order valence-corrected chi connectivity index (χ3v) is 3.33. The van der Waals surface area contributed by atoms with Crippen LogP contribution in [0.3, 0.4) is 0 Å². The van der Waals surface area contributed by atoms with Crippen LogP contribution in [-0.2, 0) is 0 Å². The van der Waals surface area contributed by atoms with Gasteiger partial charge < -0.3 is 9.84 Å². The average molecular weight is 330 g/mol. The molecule has 0 unspecified atom stereocenters. The van der Waals surface area contributed by atoms with Gasteiger partial charge in [-0.1, -0.05) is 18.2 Å². The van der Waals surface area contributed by atoms with Gasteiger partial charge in [0, 0.05) is 17.8 Å². The number of ether oxygens (including phenoxy) is 1. The number of aromatic carboxylic acids is 1. The van der Waals surface area contributed by atoms with Crippen molar-refractivity contribution in [2.75, 3.05) is 0 Å². The summed E-state index contributed by atoms with van der Waals surface area (Å²) in [6.45, 7) is -2.90. The highest BCUT2D eigenvalue weighted by Gasteiger charge is 2.09. The van der Waals surface area contributed by atoms with Gasteiger partial charge in [-0.25, -0.2) is 9.48 Å². The third kappa shape index (κ3) is 3.40. The van der Waals surface area contributed by atoms with Crippen molar-refractivity contribution in [3.05, 3.63) is 66.5 Å². The summed E-state index contributed by atoms with van der Waals surface area (Å²) in [5, 5.41) is 13.2. The molecule has 122 valence electrons. The van der Waals surface area contributed by atoms with E-state index in [9.17, 15) is 13.6 Å². The summed E-state index contributed by atoms with van der Waals surface area (Å²) in [7, 11) is 0. The lowest BCUT2D eigenvalue weighted by atomic mass is 10.1. The average Bonchev–Trinajstić information content (AvgIpc) is 3.04. The molecule has 0 aliphatic rings. The smallest absolute Gasteiger partial charge is 0.387 e. The quantitative estimate of drug-likeness (QED) is 0.772. The fraction of sp³-hybridized carbons (Fsp3) is 0.0588. The largest absolute Gasteiger partial charge is 0.478 e. The topological polar surface area (TPSA) is 64.3 Å². The number of carboxylic acids is 1. The monoisotopic (exact) mass is 330 g/mol. The third-order valence-electron chi connectivity index (χ3n) is 3.33. The van der Waals surface area contributed by atoms with E-state index in [1.807, 2.05) is 0 Å². The van der Waals surface area contributed by atoms with Crippen LogP contribution in [0, 0.1) is 0 Å². The van der Waals surface area contributed by atoms with Crippen molar-refractivity contribution in [1.82, 2.24) is 9.78 Å². The van der Waals surface area contributed by atoms with Crippen LogP contribution in [0.2, 0.25) is 0 Å². The number of hydrogen-bond donors (Lipinski definition) is 1. The number of carbonyl (C=O) groups is 1. The molecule has 0 atom stereocenters. The highest BCUT2D eigenvalue weighted by atomic mass is 19.3. The molecule has 24 heavy (non-hydrogen) atoms. The molecule has 2 aromatic carbocycles. The van der Waals surface area contributed by atoms with Crippen molar-refractivity contribution in [3.63, 3.8) is 0 Å². The van der Waals surface area contributed by atoms with Gasteiger partial charge >= 0.3 is 12.6 Å². The van der Waals surface area contributed by atoms with E-state index in [0.29, 0.717) is 16.8 Å². The number of carboxylic acid groups (broad SMARTS) is 1. The van der Waals surface area contributed by atoms with Gasteiger partial charge in [0.1, 0.15) is 5.75 Å². The summed E-state index contributed by atoms with van der Waals surface area (Å²) in [6, 6.07) is 12.6. The van der Waals surface area contributed by atoms with Gasteiger partial charge in [-0.05, 0) is 29.8 Å². The van der Waals surface area contributed by atoms with Crippen LogP contribution in [0.15, 0.2) is 60.9 Å². The minimum atomic E-state index is -2.90. The van der Waals surface area contributed by atoms with Crippen LogP contribution in [0.5, 0.6) is 5.75 Å². The Balaban J connectivity index is 1.91. The predicted octanol–water partition coefficient (Wildman–Crippen LogP) is 3.84. The molecular formula is C17H12F2N2O3. The van der Waals surface area contributed by atoms with Crippen LogP contribution < -0.4 is 4.74 Å². The van der Waals surface area contributed by atoms with Crippen LogP contribution >= 0.6 is 0 Å². The number of benzene rings is 2. The molecule has 0 saturated carbocycles. The number of alkyl halides is 2. The molecule has 1 aromatic heterocycles. The van der Waals surface area contributed by atoms with Crippen molar-refractivity contribution in [3.8, 4) is 22.6 Å². The first-order valence-corrected chi connectivity index (χ1v) is 6.96. The van der Waals surface area contributed by atoms with Gasteiger partial charge in [0.25, 0.3) is 0 Å². The molecule has 0 bridgehead atoms. The molecule has 3 rings (SSSR count). The van der Waals surface area contributed by atoms with E-state index < -0.39 is 12.6 Å². The molecule has 0 aliphatic carbocycles. The number of hydrogen-bond acceptors (Lipinski definition) is 3. The number of rotatable bonds is 5. The minimum absolute atomic E-state index is 0.0347. The zero-order valence-electron chi connectivity index (χ0n) is 12.3. The Labute approximate surface area is 135 Å². The zero-order valence-corrected chi connectivity index (χ0v) is 12.3. The first-order valence-electron chi connectivity index (χ1n) is 6.96. The van der Waals surface area contributed by atoms with Gasteiger partial charge in [-0.2, -0.15) is 13.9 Å². The van der Waals surface area contributed by atoms with E-state index in [-0.39, 0.29) is 11.3 Å². The molecule has 7 heteroatoms. The van der Waals surface area contributed by atoms with Crippen molar-refractivity contribution in [1.29, 1.82) is 0 Å². The van der Waals surface area contributed by atoms with Crippen molar-refractivity contribution in [2.45, 2.75) is 6.61 Å². The van der Waals surface area contributed by atoms with Gasteiger partial charge in [-0.3, -0.25) is 0 Å². The maximum Gasteiger partial charge on any atom is 0.387 e. The van der Waals surface area contributed by atoms with Crippen LogP contribution in [0.4, 0.5) is 8.78 Å². The Morgan fingerprint density at radius 1 is 1.12 bits per heavy atom. The predicted molar refractivity (Wildman–Crippen MR) is 82.6 cm³/mol. The molecule has 0 amide bonds. The number of halogens is 2. The Morgan fingerprint density at radius 3 is 2.67 bits per heavy atom. The summed E-state index contributed by atoms with van der Waals surface area (Å²) in [5.41, 5.74) is 2.13. The van der Waals surface area contributed by atoms with Gasteiger partial charge in [0.15, 0.2) is 0 Å². The number of nitrogens with zero attached hydrogens (tertiary/aromatic N) is 2. The summed E-state index contributed by atoms with van der Waals surface area (Å²) in [4.78, 5) is 11.0. The van der Waals surface area contributed by atoms with E-state index in [2.05, 4.69) is 9.84 Å². The van der Waals surface area contributed by atoms with E-state index in [1.165, 1.54) is 22.9 Å². The van der Waals surface area contributed by atoms with Crippen molar-refractivity contribution >= 4 is 5.97 Å². The van der Waals surface area contributed by atoms with Crippen molar-refractivity contribution < 1.29 is 23.4 Å². The fourth-order valence-corrected chi connectivity index (χ4v) is 2.25. The molecule has 0 aliphatic heterocycles. The molecular weight excluding hydrogens is 318 g/mol. The summed E-state index contributed by atoms with van der Waals surface area (Å²) in [5.74, 6) is -0.978. The second kappa shape index (κ2) is 6.49. The van der Waals surface area contributed by atoms with Crippen LogP contribution in [-0.4, -0.2) is 27.5 Å². The molecule has 5 nitrogen and oxygen atoms in total. The Bertz CT molecular complexity index is 878. The highest BCUT2D eigenvalue weighted by Crippen LogP contribution is 2.23. The van der Waals surface area contributed by atoms with E-state index in [4.69, 9.17) is 5.11 Å². The Morgan fingerprint density at radius 2 is 1.92 bits per heavy atom. The lowest BCUT2D eigenvalue weighted by Gasteiger charge is -2.06. The summed E-state index contributed by atoms with van der Waals surface area (Å²) >= 11 is 0. The van der Waals surface area contributed by atoms with E-state index in [0.717, 1.165) is 0 Å². The maximum absolute atomic E-state index is 12.3. The molecule has 0 spiro atoms. The standard InChI is InChI=1S/C17H12F2N2O3/c18-17(19)24-15-6-2-5-14(8-15)21-10-13(9-20-21)11-3-1-4-12(7-11)16(22)23/h1-10,17H,(H,22,23). The summed E-state index contributed by atoms with van der Waals surface area (Å²) < 4.78 is 30.5. The van der Waals surface area contributed by atoms with E-state index in [1.54, 1.807) is 42.7 Å².